The molecule has 0 radical (unpaired) electrons. The van der Waals surface area contributed by atoms with Gasteiger partial charge in [-0.2, -0.15) is 0 Å². The SMILES string of the molecule is CC1(C)CC(NCc2ccc3c(c2)OCCCO3)CCO1. The first-order chi connectivity index (χ1) is 10.1. The summed E-state index contributed by atoms with van der Waals surface area (Å²) in [5.41, 5.74) is 1.23. The third-order valence-electron chi connectivity index (χ3n) is 4.10. The van der Waals surface area contributed by atoms with Crippen molar-refractivity contribution < 1.29 is 14.2 Å². The van der Waals surface area contributed by atoms with Crippen LogP contribution in [0.25, 0.3) is 0 Å². The molecule has 1 unspecified atom stereocenters. The van der Waals surface area contributed by atoms with Gasteiger partial charge < -0.3 is 19.5 Å². The highest BCUT2D eigenvalue weighted by molar-refractivity contribution is 5.43. The van der Waals surface area contributed by atoms with Gasteiger partial charge in [0, 0.05) is 25.6 Å². The summed E-state index contributed by atoms with van der Waals surface area (Å²) in [6.07, 6.45) is 3.07. The van der Waals surface area contributed by atoms with Gasteiger partial charge >= 0.3 is 0 Å². The highest BCUT2D eigenvalue weighted by Crippen LogP contribution is 2.30. The van der Waals surface area contributed by atoms with Gasteiger partial charge in [-0.05, 0) is 44.4 Å². The van der Waals surface area contributed by atoms with E-state index < -0.39 is 0 Å². The maximum atomic E-state index is 5.76. The first-order valence-electron chi connectivity index (χ1n) is 7.88. The molecule has 0 spiro atoms. The van der Waals surface area contributed by atoms with Crippen LogP contribution in [0, 0.1) is 0 Å². The van der Waals surface area contributed by atoms with Crippen molar-refractivity contribution in [2.24, 2.45) is 0 Å². The molecule has 0 bridgehead atoms. The van der Waals surface area contributed by atoms with E-state index in [0.717, 1.165) is 57.1 Å². The quantitative estimate of drug-likeness (QED) is 0.929. The average Bonchev–Trinajstić information content (AvgIpc) is 2.69. The fourth-order valence-corrected chi connectivity index (χ4v) is 2.99. The molecular weight excluding hydrogens is 266 g/mol. The van der Waals surface area contributed by atoms with Gasteiger partial charge in [0.25, 0.3) is 0 Å². The topological polar surface area (TPSA) is 39.7 Å². The first kappa shape index (κ1) is 14.7. The van der Waals surface area contributed by atoms with Crippen molar-refractivity contribution in [1.82, 2.24) is 5.32 Å². The second-order valence-electron chi connectivity index (χ2n) is 6.51. The lowest BCUT2D eigenvalue weighted by Gasteiger charge is -2.36. The highest BCUT2D eigenvalue weighted by atomic mass is 16.5. The maximum absolute atomic E-state index is 5.76. The molecule has 21 heavy (non-hydrogen) atoms. The summed E-state index contributed by atoms with van der Waals surface area (Å²) in [6.45, 7) is 7.49. The fourth-order valence-electron chi connectivity index (χ4n) is 2.99. The number of hydrogen-bond acceptors (Lipinski definition) is 4. The van der Waals surface area contributed by atoms with Crippen molar-refractivity contribution in [3.63, 3.8) is 0 Å². The molecule has 1 saturated heterocycles. The third kappa shape index (κ3) is 3.89. The van der Waals surface area contributed by atoms with Crippen molar-refractivity contribution >= 4 is 0 Å². The molecule has 1 aromatic rings. The molecule has 2 heterocycles. The van der Waals surface area contributed by atoms with Gasteiger partial charge in [0.2, 0.25) is 0 Å². The number of fused-ring (bicyclic) bond motifs is 1. The molecule has 4 heteroatoms. The van der Waals surface area contributed by atoms with Gasteiger partial charge in [-0.3, -0.25) is 0 Å². The van der Waals surface area contributed by atoms with Crippen LogP contribution >= 0.6 is 0 Å². The van der Waals surface area contributed by atoms with Gasteiger partial charge in [0.1, 0.15) is 0 Å². The van der Waals surface area contributed by atoms with E-state index in [9.17, 15) is 0 Å². The molecule has 4 nitrogen and oxygen atoms in total. The number of benzene rings is 1. The van der Waals surface area contributed by atoms with Crippen LogP contribution in [0.5, 0.6) is 11.5 Å². The number of nitrogens with one attached hydrogen (secondary N) is 1. The fraction of sp³-hybridized carbons (Fsp3) is 0.647. The van der Waals surface area contributed by atoms with E-state index in [2.05, 4.69) is 31.3 Å². The molecule has 0 aliphatic carbocycles. The van der Waals surface area contributed by atoms with Crippen LogP contribution in [0.1, 0.15) is 38.7 Å². The predicted octanol–water partition coefficient (Wildman–Crippen LogP) is 2.90. The number of hydrogen-bond donors (Lipinski definition) is 1. The van der Waals surface area contributed by atoms with Crippen LogP contribution < -0.4 is 14.8 Å². The molecule has 2 aliphatic rings. The highest BCUT2D eigenvalue weighted by Gasteiger charge is 2.28. The molecule has 3 rings (SSSR count). The van der Waals surface area contributed by atoms with Crippen LogP contribution in [0.4, 0.5) is 0 Å². The molecule has 0 aromatic heterocycles. The normalized spacial score (nSPS) is 24.4. The van der Waals surface area contributed by atoms with Crippen molar-refractivity contribution in [3.8, 4) is 11.5 Å². The third-order valence-corrected chi connectivity index (χ3v) is 4.10. The largest absolute Gasteiger partial charge is 0.490 e. The van der Waals surface area contributed by atoms with E-state index >= 15 is 0 Å². The van der Waals surface area contributed by atoms with E-state index in [1.54, 1.807) is 0 Å². The molecule has 1 atom stereocenters. The van der Waals surface area contributed by atoms with E-state index in [1.807, 2.05) is 6.07 Å². The maximum Gasteiger partial charge on any atom is 0.161 e. The van der Waals surface area contributed by atoms with E-state index in [-0.39, 0.29) is 5.60 Å². The van der Waals surface area contributed by atoms with E-state index in [0.29, 0.717) is 6.04 Å². The Morgan fingerprint density at radius 2 is 1.95 bits per heavy atom. The number of ether oxygens (including phenoxy) is 3. The lowest BCUT2D eigenvalue weighted by molar-refractivity contribution is -0.0630. The Bertz CT molecular complexity index is 487. The molecular formula is C17H25NO3. The Kier molecular flexibility index (Phi) is 4.36. The minimum absolute atomic E-state index is 0.0133. The van der Waals surface area contributed by atoms with Gasteiger partial charge in [0.05, 0.1) is 18.8 Å². The Labute approximate surface area is 126 Å². The Morgan fingerprint density at radius 1 is 1.14 bits per heavy atom. The van der Waals surface area contributed by atoms with E-state index in [1.165, 1.54) is 5.56 Å². The van der Waals surface area contributed by atoms with Crippen molar-refractivity contribution in [2.45, 2.75) is 51.3 Å². The van der Waals surface area contributed by atoms with Crippen LogP contribution in [-0.2, 0) is 11.3 Å². The summed E-state index contributed by atoms with van der Waals surface area (Å²) in [4.78, 5) is 0. The summed E-state index contributed by atoms with van der Waals surface area (Å²) in [5, 5.41) is 3.64. The Morgan fingerprint density at radius 3 is 2.76 bits per heavy atom. The van der Waals surface area contributed by atoms with Gasteiger partial charge in [-0.25, -0.2) is 0 Å². The average molecular weight is 291 g/mol. The molecule has 0 amide bonds. The van der Waals surface area contributed by atoms with Crippen molar-refractivity contribution in [3.05, 3.63) is 23.8 Å². The van der Waals surface area contributed by atoms with E-state index in [4.69, 9.17) is 14.2 Å². The minimum Gasteiger partial charge on any atom is -0.490 e. The second-order valence-corrected chi connectivity index (χ2v) is 6.51. The minimum atomic E-state index is -0.0133. The van der Waals surface area contributed by atoms with Gasteiger partial charge in [0.15, 0.2) is 11.5 Å². The van der Waals surface area contributed by atoms with Crippen molar-refractivity contribution in [2.75, 3.05) is 19.8 Å². The number of rotatable bonds is 3. The standard InChI is InChI=1S/C17H25NO3/c1-17(2)11-14(6-9-21-17)18-12-13-4-5-15-16(10-13)20-8-3-7-19-15/h4-5,10,14,18H,3,6-9,11-12H2,1-2H3. The zero-order valence-electron chi connectivity index (χ0n) is 13.0. The zero-order chi connectivity index (χ0) is 14.7. The summed E-state index contributed by atoms with van der Waals surface area (Å²) in [7, 11) is 0. The zero-order valence-corrected chi connectivity index (χ0v) is 13.0. The monoisotopic (exact) mass is 291 g/mol. The summed E-state index contributed by atoms with van der Waals surface area (Å²) in [5.74, 6) is 1.74. The lowest BCUT2D eigenvalue weighted by atomic mass is 9.94. The second kappa shape index (κ2) is 6.24. The van der Waals surface area contributed by atoms with Crippen LogP contribution in [-0.4, -0.2) is 31.5 Å². The summed E-state index contributed by atoms with van der Waals surface area (Å²) in [6, 6.07) is 6.75. The first-order valence-corrected chi connectivity index (χ1v) is 7.88. The summed E-state index contributed by atoms with van der Waals surface area (Å²) < 4.78 is 17.2. The molecule has 116 valence electrons. The molecule has 1 fully saturated rings. The van der Waals surface area contributed by atoms with Gasteiger partial charge in [-0.1, -0.05) is 6.07 Å². The summed E-state index contributed by atoms with van der Waals surface area (Å²) >= 11 is 0. The molecule has 1 aromatic carbocycles. The molecule has 1 N–H and O–H groups in total. The smallest absolute Gasteiger partial charge is 0.161 e. The Balaban J connectivity index is 1.59. The van der Waals surface area contributed by atoms with Gasteiger partial charge in [-0.15, -0.1) is 0 Å². The van der Waals surface area contributed by atoms with Crippen LogP contribution in [0.3, 0.4) is 0 Å². The van der Waals surface area contributed by atoms with Crippen molar-refractivity contribution in [1.29, 1.82) is 0 Å². The lowest BCUT2D eigenvalue weighted by Crippen LogP contribution is -2.43. The molecule has 2 aliphatic heterocycles. The van der Waals surface area contributed by atoms with Crippen LogP contribution in [0.2, 0.25) is 0 Å². The predicted molar refractivity (Wildman–Crippen MR) is 81.9 cm³/mol. The van der Waals surface area contributed by atoms with Crippen LogP contribution in [0.15, 0.2) is 18.2 Å². The molecule has 0 saturated carbocycles. The Hall–Kier alpha value is -1.26.